The van der Waals surface area contributed by atoms with Crippen molar-refractivity contribution >= 4 is 27.8 Å². The van der Waals surface area contributed by atoms with Crippen LogP contribution in [0.4, 0.5) is 4.39 Å². The van der Waals surface area contributed by atoms with Crippen molar-refractivity contribution in [2.75, 3.05) is 6.54 Å². The number of hydrogen-bond donors (Lipinski definition) is 1. The van der Waals surface area contributed by atoms with E-state index >= 15 is 0 Å². The van der Waals surface area contributed by atoms with Crippen LogP contribution in [0.25, 0.3) is 0 Å². The van der Waals surface area contributed by atoms with Crippen LogP contribution in [-0.2, 0) is 4.79 Å². The van der Waals surface area contributed by atoms with E-state index in [1.165, 1.54) is 17.0 Å². The minimum atomic E-state index is -1.02. The molecule has 1 N–H and O–H groups in total. The van der Waals surface area contributed by atoms with Crippen molar-refractivity contribution in [2.45, 2.75) is 19.4 Å². The Morgan fingerprint density at radius 1 is 1.47 bits per heavy atom. The largest absolute Gasteiger partial charge is 0.480 e. The van der Waals surface area contributed by atoms with Gasteiger partial charge in [-0.1, -0.05) is 6.92 Å². The fourth-order valence-electron chi connectivity index (χ4n) is 2.37. The van der Waals surface area contributed by atoms with Gasteiger partial charge < -0.3 is 10.0 Å². The highest BCUT2D eigenvalue weighted by atomic mass is 79.9. The first-order valence-corrected chi connectivity index (χ1v) is 6.70. The average molecular weight is 330 g/mol. The number of benzene rings is 1. The normalized spacial score (nSPS) is 22.6. The third-order valence-electron chi connectivity index (χ3n) is 3.37. The summed E-state index contributed by atoms with van der Waals surface area (Å²) in [7, 11) is 0. The van der Waals surface area contributed by atoms with Gasteiger partial charge in [0.05, 0.1) is 5.56 Å². The Kier molecular flexibility index (Phi) is 3.89. The zero-order valence-corrected chi connectivity index (χ0v) is 11.9. The maximum Gasteiger partial charge on any atom is 0.326 e. The second-order valence-corrected chi connectivity index (χ2v) is 5.53. The molecule has 1 fully saturated rings. The van der Waals surface area contributed by atoms with Gasteiger partial charge in [0.1, 0.15) is 11.9 Å². The lowest BCUT2D eigenvalue weighted by atomic mass is 10.0. The Bertz CT molecular complexity index is 535. The van der Waals surface area contributed by atoms with E-state index < -0.39 is 23.7 Å². The molecule has 1 aromatic carbocycles. The van der Waals surface area contributed by atoms with Crippen LogP contribution < -0.4 is 0 Å². The molecule has 2 unspecified atom stereocenters. The van der Waals surface area contributed by atoms with Gasteiger partial charge in [-0.2, -0.15) is 0 Å². The summed E-state index contributed by atoms with van der Waals surface area (Å²) in [5.41, 5.74) is 0.153. The van der Waals surface area contributed by atoms with Gasteiger partial charge in [-0.15, -0.1) is 0 Å². The molecule has 0 aromatic heterocycles. The predicted octanol–water partition coefficient (Wildman–Crippen LogP) is 2.52. The summed E-state index contributed by atoms with van der Waals surface area (Å²) < 4.78 is 13.7. The lowest BCUT2D eigenvalue weighted by Gasteiger charge is -2.23. The number of carbonyl (C=O) groups excluding carboxylic acids is 1. The number of halogens is 2. The van der Waals surface area contributed by atoms with Crippen molar-refractivity contribution < 1.29 is 19.1 Å². The number of amides is 1. The molecule has 19 heavy (non-hydrogen) atoms. The van der Waals surface area contributed by atoms with E-state index in [4.69, 9.17) is 0 Å². The van der Waals surface area contributed by atoms with Gasteiger partial charge in [-0.3, -0.25) is 4.79 Å². The zero-order chi connectivity index (χ0) is 14.2. The lowest BCUT2D eigenvalue weighted by molar-refractivity contribution is -0.142. The Labute approximate surface area is 118 Å². The second-order valence-electron chi connectivity index (χ2n) is 4.67. The Morgan fingerprint density at radius 3 is 2.79 bits per heavy atom. The van der Waals surface area contributed by atoms with Gasteiger partial charge in [0.15, 0.2) is 0 Å². The summed E-state index contributed by atoms with van der Waals surface area (Å²) >= 11 is 3.19. The fraction of sp³-hybridized carbons (Fsp3) is 0.385. The van der Waals surface area contributed by atoms with Crippen LogP contribution in [0.1, 0.15) is 23.7 Å². The molecular formula is C13H13BrFNO3. The molecule has 0 saturated carbocycles. The highest BCUT2D eigenvalue weighted by molar-refractivity contribution is 9.10. The molecule has 1 aliphatic heterocycles. The molecule has 2 atom stereocenters. The van der Waals surface area contributed by atoms with Gasteiger partial charge >= 0.3 is 5.97 Å². The molecule has 4 nitrogen and oxygen atoms in total. The minimum absolute atomic E-state index is 0.103. The van der Waals surface area contributed by atoms with Crippen LogP contribution in [0.2, 0.25) is 0 Å². The van der Waals surface area contributed by atoms with Crippen molar-refractivity contribution in [1.29, 1.82) is 0 Å². The van der Waals surface area contributed by atoms with Gasteiger partial charge in [-0.05, 0) is 46.5 Å². The number of carboxylic acid groups (broad SMARTS) is 1. The molecule has 0 aliphatic carbocycles. The molecule has 0 radical (unpaired) electrons. The Morgan fingerprint density at radius 2 is 2.16 bits per heavy atom. The Balaban J connectivity index is 2.33. The van der Waals surface area contributed by atoms with E-state index in [0.717, 1.165) is 6.07 Å². The monoisotopic (exact) mass is 329 g/mol. The predicted molar refractivity (Wildman–Crippen MR) is 70.3 cm³/mol. The SMILES string of the molecule is CC1CCN(C(=O)c2cc(F)ccc2Br)C1C(=O)O. The van der Waals surface area contributed by atoms with Gasteiger partial charge in [0.2, 0.25) is 0 Å². The first kappa shape index (κ1) is 14.0. The molecule has 0 bridgehead atoms. The van der Waals surface area contributed by atoms with Crippen LogP contribution in [-0.4, -0.2) is 34.5 Å². The maximum absolute atomic E-state index is 13.2. The standard InChI is InChI=1S/C13H13BrFNO3/c1-7-4-5-16(11(7)13(18)19)12(17)9-6-8(15)2-3-10(9)14/h2-3,6-7,11H,4-5H2,1H3,(H,18,19). The lowest BCUT2D eigenvalue weighted by Crippen LogP contribution is -2.42. The van der Waals surface area contributed by atoms with Crippen LogP contribution >= 0.6 is 15.9 Å². The number of carbonyl (C=O) groups is 2. The molecule has 1 aromatic rings. The Hall–Kier alpha value is -1.43. The van der Waals surface area contributed by atoms with Gasteiger partial charge in [0.25, 0.3) is 5.91 Å². The smallest absolute Gasteiger partial charge is 0.326 e. The van der Waals surface area contributed by atoms with Crippen LogP contribution in [0.5, 0.6) is 0 Å². The zero-order valence-electron chi connectivity index (χ0n) is 10.3. The molecule has 0 spiro atoms. The van der Waals surface area contributed by atoms with E-state index in [-0.39, 0.29) is 11.5 Å². The second kappa shape index (κ2) is 5.28. The molecule has 102 valence electrons. The number of likely N-dealkylation sites (tertiary alicyclic amines) is 1. The summed E-state index contributed by atoms with van der Waals surface area (Å²) in [6, 6.07) is 2.96. The van der Waals surface area contributed by atoms with E-state index in [1.807, 2.05) is 0 Å². The highest BCUT2D eigenvalue weighted by Gasteiger charge is 2.40. The molecule has 1 saturated heterocycles. The summed E-state index contributed by atoms with van der Waals surface area (Å²) in [6.07, 6.45) is 0.635. The average Bonchev–Trinajstić information content (AvgIpc) is 2.73. The summed E-state index contributed by atoms with van der Waals surface area (Å²) in [5, 5.41) is 9.19. The van der Waals surface area contributed by atoms with E-state index in [1.54, 1.807) is 6.92 Å². The van der Waals surface area contributed by atoms with Crippen molar-refractivity contribution in [1.82, 2.24) is 4.90 Å². The molecule has 1 heterocycles. The quantitative estimate of drug-likeness (QED) is 0.907. The fourth-order valence-corrected chi connectivity index (χ4v) is 2.78. The van der Waals surface area contributed by atoms with Crippen molar-refractivity contribution in [3.63, 3.8) is 0 Å². The molecule has 6 heteroatoms. The van der Waals surface area contributed by atoms with E-state index in [2.05, 4.69) is 15.9 Å². The molecular weight excluding hydrogens is 317 g/mol. The number of hydrogen-bond acceptors (Lipinski definition) is 2. The van der Waals surface area contributed by atoms with Crippen LogP contribution in [0.15, 0.2) is 22.7 Å². The van der Waals surface area contributed by atoms with Crippen LogP contribution in [0.3, 0.4) is 0 Å². The van der Waals surface area contributed by atoms with Gasteiger partial charge in [0, 0.05) is 11.0 Å². The number of nitrogens with zero attached hydrogens (tertiary/aromatic N) is 1. The first-order valence-electron chi connectivity index (χ1n) is 5.90. The minimum Gasteiger partial charge on any atom is -0.480 e. The van der Waals surface area contributed by atoms with Crippen molar-refractivity contribution in [3.8, 4) is 0 Å². The van der Waals surface area contributed by atoms with Gasteiger partial charge in [-0.25, -0.2) is 9.18 Å². The summed E-state index contributed by atoms with van der Waals surface area (Å²) in [6.45, 7) is 2.17. The highest BCUT2D eigenvalue weighted by Crippen LogP contribution is 2.28. The van der Waals surface area contributed by atoms with Crippen molar-refractivity contribution in [3.05, 3.63) is 34.1 Å². The topological polar surface area (TPSA) is 57.6 Å². The van der Waals surface area contributed by atoms with Crippen LogP contribution in [0, 0.1) is 11.7 Å². The first-order chi connectivity index (χ1) is 8.91. The summed E-state index contributed by atoms with van der Waals surface area (Å²) in [5.74, 6) is -2.10. The molecule has 1 aliphatic rings. The number of carboxylic acids is 1. The number of aliphatic carboxylic acids is 1. The van der Waals surface area contributed by atoms with E-state index in [0.29, 0.717) is 17.4 Å². The number of rotatable bonds is 2. The maximum atomic E-state index is 13.2. The third kappa shape index (κ3) is 2.63. The molecule has 1 amide bonds. The van der Waals surface area contributed by atoms with Crippen molar-refractivity contribution in [2.24, 2.45) is 5.92 Å². The van der Waals surface area contributed by atoms with E-state index in [9.17, 15) is 19.1 Å². The molecule has 2 rings (SSSR count). The third-order valence-corrected chi connectivity index (χ3v) is 4.06. The summed E-state index contributed by atoms with van der Waals surface area (Å²) in [4.78, 5) is 24.9.